The number of likely N-dealkylation sites (tertiary alicyclic amines) is 1. The Kier molecular flexibility index (Phi) is 6.62. The minimum absolute atomic E-state index is 0.808. The maximum atomic E-state index is 5.68. The van der Waals surface area contributed by atoms with Crippen LogP contribution in [0.25, 0.3) is 0 Å². The molecular weight excluding hydrogens is 208 g/mol. The molecule has 1 saturated heterocycles. The van der Waals surface area contributed by atoms with Crippen molar-refractivity contribution in [2.45, 2.75) is 38.6 Å². The van der Waals surface area contributed by atoms with Crippen LogP contribution in [-0.2, 0) is 0 Å². The number of halogens is 1. The summed E-state index contributed by atoms with van der Waals surface area (Å²) in [5, 5.41) is 0. The van der Waals surface area contributed by atoms with Crippen LogP contribution in [0.3, 0.4) is 0 Å². The maximum absolute atomic E-state index is 5.68. The van der Waals surface area contributed by atoms with Gasteiger partial charge in [-0.1, -0.05) is 6.92 Å². The van der Waals surface area contributed by atoms with Gasteiger partial charge in [0.15, 0.2) is 0 Å². The summed E-state index contributed by atoms with van der Waals surface area (Å²) in [5.74, 6) is 0.808. The summed E-state index contributed by atoms with van der Waals surface area (Å²) in [6.45, 7) is 7.23. The zero-order valence-electron chi connectivity index (χ0n) is 10.2. The highest BCUT2D eigenvalue weighted by Gasteiger charge is 2.20. The lowest BCUT2D eigenvalue weighted by molar-refractivity contribution is 0.130. The normalized spacial score (nSPS) is 20.0. The summed E-state index contributed by atoms with van der Waals surface area (Å²) in [6.07, 6.45) is 5.07. The fourth-order valence-corrected chi connectivity index (χ4v) is 2.50. The lowest BCUT2D eigenvalue weighted by atomic mass is 10.0. The van der Waals surface area contributed by atoms with Gasteiger partial charge >= 0.3 is 0 Å². The van der Waals surface area contributed by atoms with E-state index >= 15 is 0 Å². The van der Waals surface area contributed by atoms with Crippen molar-refractivity contribution in [3.8, 4) is 0 Å². The Bertz CT molecular complexity index is 156. The molecule has 0 unspecified atom stereocenters. The summed E-state index contributed by atoms with van der Waals surface area (Å²) in [6, 6.07) is 0.808. The first-order valence-corrected chi connectivity index (χ1v) is 6.80. The fourth-order valence-electron chi connectivity index (χ4n) is 2.31. The molecular formula is C12H25ClN2. The molecule has 0 aromatic heterocycles. The zero-order valence-corrected chi connectivity index (χ0v) is 11.0. The van der Waals surface area contributed by atoms with Crippen LogP contribution >= 0.6 is 11.6 Å². The molecule has 1 fully saturated rings. The highest BCUT2D eigenvalue weighted by atomic mass is 35.5. The first-order chi connectivity index (χ1) is 7.27. The number of alkyl halides is 1. The SMILES string of the molecule is CCN1CCC(N(C)CCCCCl)CC1. The van der Waals surface area contributed by atoms with Gasteiger partial charge in [0.05, 0.1) is 0 Å². The van der Waals surface area contributed by atoms with Crippen molar-refractivity contribution in [1.29, 1.82) is 0 Å². The van der Waals surface area contributed by atoms with Crippen molar-refractivity contribution in [1.82, 2.24) is 9.80 Å². The quantitative estimate of drug-likeness (QED) is 0.513. The lowest BCUT2D eigenvalue weighted by Gasteiger charge is -2.36. The molecule has 90 valence electrons. The van der Waals surface area contributed by atoms with Crippen LogP contribution in [0.1, 0.15) is 32.6 Å². The van der Waals surface area contributed by atoms with Gasteiger partial charge in [0.1, 0.15) is 0 Å². The number of piperidine rings is 1. The summed E-state index contributed by atoms with van der Waals surface area (Å²) in [5.41, 5.74) is 0. The first kappa shape index (κ1) is 13.3. The average molecular weight is 233 g/mol. The second-order valence-corrected chi connectivity index (χ2v) is 4.92. The molecule has 1 aliphatic rings. The van der Waals surface area contributed by atoms with Crippen molar-refractivity contribution < 1.29 is 0 Å². The van der Waals surface area contributed by atoms with E-state index in [1.54, 1.807) is 0 Å². The van der Waals surface area contributed by atoms with Crippen molar-refractivity contribution in [2.75, 3.05) is 39.1 Å². The molecule has 0 bridgehead atoms. The molecule has 0 atom stereocenters. The molecule has 0 spiro atoms. The third kappa shape index (κ3) is 4.71. The van der Waals surface area contributed by atoms with Gasteiger partial charge in [0.25, 0.3) is 0 Å². The Morgan fingerprint density at radius 3 is 2.47 bits per heavy atom. The molecule has 1 aliphatic heterocycles. The molecule has 0 radical (unpaired) electrons. The van der Waals surface area contributed by atoms with Gasteiger partial charge in [-0.15, -0.1) is 11.6 Å². The minimum atomic E-state index is 0.808. The molecule has 3 heteroatoms. The third-order valence-electron chi connectivity index (χ3n) is 3.52. The van der Waals surface area contributed by atoms with Gasteiger partial charge < -0.3 is 9.80 Å². The molecule has 0 aliphatic carbocycles. The summed E-state index contributed by atoms with van der Waals surface area (Å²) in [4.78, 5) is 5.07. The number of hydrogen-bond donors (Lipinski definition) is 0. The topological polar surface area (TPSA) is 6.48 Å². The van der Waals surface area contributed by atoms with Crippen LogP contribution in [0.15, 0.2) is 0 Å². The van der Waals surface area contributed by atoms with Crippen LogP contribution in [0, 0.1) is 0 Å². The molecule has 1 rings (SSSR count). The molecule has 0 aromatic carbocycles. The van der Waals surface area contributed by atoms with Crippen LogP contribution < -0.4 is 0 Å². The van der Waals surface area contributed by atoms with Gasteiger partial charge in [-0.3, -0.25) is 0 Å². The fraction of sp³-hybridized carbons (Fsp3) is 1.00. The van der Waals surface area contributed by atoms with E-state index in [1.807, 2.05) is 0 Å². The summed E-state index contributed by atoms with van der Waals surface area (Å²) < 4.78 is 0. The first-order valence-electron chi connectivity index (χ1n) is 6.26. The summed E-state index contributed by atoms with van der Waals surface area (Å²) in [7, 11) is 2.26. The van der Waals surface area contributed by atoms with Crippen LogP contribution in [0.5, 0.6) is 0 Å². The van der Waals surface area contributed by atoms with E-state index in [1.165, 1.54) is 45.4 Å². The second kappa shape index (κ2) is 7.48. The van der Waals surface area contributed by atoms with Crippen LogP contribution in [0.2, 0.25) is 0 Å². The van der Waals surface area contributed by atoms with Crippen molar-refractivity contribution in [3.05, 3.63) is 0 Å². The number of nitrogens with zero attached hydrogens (tertiary/aromatic N) is 2. The lowest BCUT2D eigenvalue weighted by Crippen LogP contribution is -2.43. The van der Waals surface area contributed by atoms with E-state index in [9.17, 15) is 0 Å². The monoisotopic (exact) mass is 232 g/mol. The van der Waals surface area contributed by atoms with Gasteiger partial charge in [-0.05, 0) is 58.9 Å². The molecule has 0 saturated carbocycles. The molecule has 0 N–H and O–H groups in total. The third-order valence-corrected chi connectivity index (χ3v) is 3.79. The summed E-state index contributed by atoms with van der Waals surface area (Å²) >= 11 is 5.68. The zero-order chi connectivity index (χ0) is 11.1. The molecule has 1 heterocycles. The second-order valence-electron chi connectivity index (χ2n) is 4.54. The van der Waals surface area contributed by atoms with E-state index in [0.717, 1.165) is 18.3 Å². The number of unbranched alkanes of at least 4 members (excludes halogenated alkanes) is 1. The van der Waals surface area contributed by atoms with E-state index in [2.05, 4.69) is 23.8 Å². The van der Waals surface area contributed by atoms with Gasteiger partial charge in [0.2, 0.25) is 0 Å². The predicted octanol–water partition coefficient (Wildman–Crippen LogP) is 2.42. The smallest absolute Gasteiger partial charge is 0.0223 e. The Morgan fingerprint density at radius 2 is 1.93 bits per heavy atom. The largest absolute Gasteiger partial charge is 0.303 e. The van der Waals surface area contributed by atoms with E-state index < -0.39 is 0 Å². The predicted molar refractivity (Wildman–Crippen MR) is 67.7 cm³/mol. The van der Waals surface area contributed by atoms with Crippen molar-refractivity contribution >= 4 is 11.6 Å². The molecule has 0 aromatic rings. The highest BCUT2D eigenvalue weighted by Crippen LogP contribution is 2.15. The average Bonchev–Trinajstić information content (AvgIpc) is 2.29. The van der Waals surface area contributed by atoms with Crippen molar-refractivity contribution in [3.63, 3.8) is 0 Å². The van der Waals surface area contributed by atoms with Crippen molar-refractivity contribution in [2.24, 2.45) is 0 Å². The Morgan fingerprint density at radius 1 is 1.27 bits per heavy atom. The molecule has 2 nitrogen and oxygen atoms in total. The van der Waals surface area contributed by atoms with Crippen LogP contribution in [-0.4, -0.2) is 54.9 Å². The highest BCUT2D eigenvalue weighted by molar-refractivity contribution is 6.17. The maximum Gasteiger partial charge on any atom is 0.0223 e. The number of hydrogen-bond acceptors (Lipinski definition) is 2. The van der Waals surface area contributed by atoms with Gasteiger partial charge in [-0.2, -0.15) is 0 Å². The van der Waals surface area contributed by atoms with E-state index in [-0.39, 0.29) is 0 Å². The standard InChI is InChI=1S/C12H25ClN2/c1-3-15-10-6-12(7-11-15)14(2)9-5-4-8-13/h12H,3-11H2,1-2H3. The van der Waals surface area contributed by atoms with E-state index in [4.69, 9.17) is 11.6 Å². The van der Waals surface area contributed by atoms with E-state index in [0.29, 0.717) is 0 Å². The number of rotatable bonds is 6. The minimum Gasteiger partial charge on any atom is -0.303 e. The van der Waals surface area contributed by atoms with Gasteiger partial charge in [0, 0.05) is 11.9 Å². The Labute approximate surface area is 99.6 Å². The molecule has 15 heavy (non-hydrogen) atoms. The van der Waals surface area contributed by atoms with Crippen LogP contribution in [0.4, 0.5) is 0 Å². The Balaban J connectivity index is 2.15. The molecule has 0 amide bonds. The Hall–Kier alpha value is 0.210. The van der Waals surface area contributed by atoms with Gasteiger partial charge in [-0.25, -0.2) is 0 Å².